The summed E-state index contributed by atoms with van der Waals surface area (Å²) in [7, 11) is 2.59. The number of carbonyl (C=O) groups excluding carboxylic acids is 6. The van der Waals surface area contributed by atoms with Crippen LogP contribution in [0.25, 0.3) is 11.1 Å². The van der Waals surface area contributed by atoms with Crippen LogP contribution in [0.5, 0.6) is 11.5 Å². The summed E-state index contributed by atoms with van der Waals surface area (Å²) in [4.78, 5) is 94.0. The number of aliphatic hydroxyl groups is 1. The third kappa shape index (κ3) is 14.3. The number of hydrogen-bond donors (Lipinski definition) is 9. The predicted octanol–water partition coefficient (Wildman–Crippen LogP) is 1.45. The number of aromatic hydroxyl groups is 1. The van der Waals surface area contributed by atoms with Crippen molar-refractivity contribution in [3.8, 4) is 22.6 Å². The lowest BCUT2D eigenvalue weighted by Gasteiger charge is -2.31. The fourth-order valence-electron chi connectivity index (χ4n) is 7.09. The van der Waals surface area contributed by atoms with E-state index in [4.69, 9.17) is 0 Å². The topological polar surface area (TPSA) is 302 Å². The molecule has 0 aliphatic carbocycles. The molecule has 1 heterocycles. The number of likely N-dealkylation sites (N-methyl/N-ethyl adjacent to an activating group) is 2. The minimum Gasteiger partial charge on any atom is -0.871 e. The van der Waals surface area contributed by atoms with Crippen LogP contribution in [-0.2, 0) is 40.0 Å². The van der Waals surface area contributed by atoms with Crippen molar-refractivity contribution in [2.75, 3.05) is 32.5 Å². The van der Waals surface area contributed by atoms with Gasteiger partial charge in [0.15, 0.2) is 0 Å². The summed E-state index contributed by atoms with van der Waals surface area (Å²) in [5.74, 6) is -7.05. The van der Waals surface area contributed by atoms with Gasteiger partial charge in [-0.2, -0.15) is 0 Å². The second-order valence-corrected chi connectivity index (χ2v) is 16.1. The van der Waals surface area contributed by atoms with Gasteiger partial charge in [0.05, 0.1) is 18.8 Å². The van der Waals surface area contributed by atoms with Gasteiger partial charge in [-0.1, -0.05) is 76.7 Å². The highest BCUT2D eigenvalue weighted by atomic mass is 16.8. The van der Waals surface area contributed by atoms with E-state index in [-0.39, 0.29) is 34.6 Å². The Hall–Kier alpha value is -5.99. The number of benzene rings is 2. The maximum atomic E-state index is 13.9. The van der Waals surface area contributed by atoms with Crippen molar-refractivity contribution in [1.82, 2.24) is 31.1 Å². The van der Waals surface area contributed by atoms with E-state index in [1.807, 2.05) is 0 Å². The second kappa shape index (κ2) is 24.0. The Balaban J connectivity index is 1.75. The second-order valence-electron chi connectivity index (χ2n) is 16.1. The van der Waals surface area contributed by atoms with E-state index < -0.39 is 108 Å². The highest BCUT2D eigenvalue weighted by Crippen LogP contribution is 2.42. The summed E-state index contributed by atoms with van der Waals surface area (Å²) in [6, 6.07) is -1.42. The van der Waals surface area contributed by atoms with Crippen molar-refractivity contribution in [3.05, 3.63) is 41.5 Å². The Morgan fingerprint density at radius 1 is 0.889 bits per heavy atom. The number of phenolic OH excluding ortho intramolecular Hbond substituents is 1. The number of rotatable bonds is 20. The van der Waals surface area contributed by atoms with E-state index in [0.29, 0.717) is 6.42 Å². The first-order valence-electron chi connectivity index (χ1n) is 21.1. The Kier molecular flexibility index (Phi) is 19.6. The number of amides is 6. The number of hydrogen-bond acceptors (Lipinski definition) is 13. The molecule has 1 aliphatic rings. The molecule has 4 bridgehead atoms. The Labute approximate surface area is 366 Å². The molecule has 1 aliphatic heterocycles. The van der Waals surface area contributed by atoms with Crippen LogP contribution >= 0.6 is 0 Å². The van der Waals surface area contributed by atoms with E-state index >= 15 is 0 Å². The fraction of sp³-hybridized carbons (Fsp3) is 0.558. The summed E-state index contributed by atoms with van der Waals surface area (Å²) in [6.45, 7) is 5.58. The number of carbonyl (C=O) groups is 7. The molecule has 0 fully saturated rings. The Morgan fingerprint density at radius 3 is 2.16 bits per heavy atom. The molecule has 3 rings (SSSR count). The molecule has 0 spiro atoms. The highest BCUT2D eigenvalue weighted by Gasteiger charge is 2.34. The number of carboxylic acids is 1. The van der Waals surface area contributed by atoms with Gasteiger partial charge in [-0.25, -0.2) is 4.79 Å². The van der Waals surface area contributed by atoms with E-state index in [9.17, 15) is 64.4 Å². The Bertz CT molecular complexity index is 1960. The van der Waals surface area contributed by atoms with Gasteiger partial charge >= 0.3 is 5.97 Å². The van der Waals surface area contributed by atoms with Crippen LogP contribution in [0, 0.1) is 5.92 Å². The lowest BCUT2D eigenvalue weighted by Crippen LogP contribution is -2.55. The molecule has 0 aromatic heterocycles. The highest BCUT2D eigenvalue weighted by molar-refractivity contribution is 5.96. The van der Waals surface area contributed by atoms with E-state index in [0.717, 1.165) is 53.5 Å². The van der Waals surface area contributed by atoms with Crippen LogP contribution < -0.4 is 31.6 Å². The standard InChI is InChI=1S/C43H63N7O13/c1-7-24(2)14-12-10-8-9-11-13-15-35(53)48(5)33(23-51)41(58)45-25(3)39(56)44-22-36(54)49(6)37-28-16-17-34(52)29(21-28)30-18-27(20-32(38(30)55)50(62)63)19-31(43(60)61)47-40(57)26(4)46-42(37)59/h16-18,20-21,24-26,31,33,37,51-52,55,62-63H,7-15,19,22-23H2,1-6H3,(H,44,56)(H,45,58)(H,46,59)(H,47,57)(H,60,61)/p-1/t24-,25+,26-,31+,33+,37+/m0/s1. The van der Waals surface area contributed by atoms with Crippen LogP contribution in [-0.4, -0.2) is 128 Å². The molecule has 0 unspecified atom stereocenters. The van der Waals surface area contributed by atoms with Crippen LogP contribution in [0.15, 0.2) is 30.3 Å². The van der Waals surface area contributed by atoms with Crippen molar-refractivity contribution in [2.24, 2.45) is 5.92 Å². The van der Waals surface area contributed by atoms with Crippen molar-refractivity contribution < 1.29 is 64.4 Å². The zero-order chi connectivity index (χ0) is 47.1. The number of carboxylic acid groups (broad SMARTS) is 1. The van der Waals surface area contributed by atoms with Crippen molar-refractivity contribution in [2.45, 2.75) is 122 Å². The molecule has 6 atom stereocenters. The van der Waals surface area contributed by atoms with Gasteiger partial charge in [0.25, 0.3) is 0 Å². The van der Waals surface area contributed by atoms with Gasteiger partial charge < -0.3 is 51.5 Å². The average molecular weight is 885 g/mol. The molecule has 20 nitrogen and oxygen atoms in total. The monoisotopic (exact) mass is 884 g/mol. The molecular weight excluding hydrogens is 823 g/mol. The number of aliphatic carboxylic acids is 1. The first-order chi connectivity index (χ1) is 29.7. The van der Waals surface area contributed by atoms with Crippen LogP contribution in [0.1, 0.15) is 103 Å². The minimum atomic E-state index is -1.63. The molecule has 6 amide bonds. The van der Waals surface area contributed by atoms with Gasteiger partial charge in [-0.3, -0.25) is 39.2 Å². The smallest absolute Gasteiger partial charge is 0.326 e. The zero-order valence-electron chi connectivity index (χ0n) is 36.7. The third-order valence-corrected chi connectivity index (χ3v) is 11.3. The normalized spacial score (nSPS) is 17.8. The maximum Gasteiger partial charge on any atom is 0.326 e. The van der Waals surface area contributed by atoms with Crippen molar-refractivity contribution in [1.29, 1.82) is 0 Å². The molecule has 2 aromatic rings. The minimum absolute atomic E-state index is 0.00592. The lowest BCUT2D eigenvalue weighted by molar-refractivity contribution is -0.267. The summed E-state index contributed by atoms with van der Waals surface area (Å²) >= 11 is 0. The molecule has 348 valence electrons. The Morgan fingerprint density at radius 2 is 1.54 bits per heavy atom. The van der Waals surface area contributed by atoms with Crippen LogP contribution in [0.3, 0.4) is 0 Å². The maximum absolute atomic E-state index is 13.9. The van der Waals surface area contributed by atoms with Crippen LogP contribution in [0.2, 0.25) is 0 Å². The number of fused-ring (bicyclic) bond motifs is 5. The molecule has 63 heavy (non-hydrogen) atoms. The van der Waals surface area contributed by atoms with Crippen molar-refractivity contribution >= 4 is 47.1 Å². The summed E-state index contributed by atoms with van der Waals surface area (Å²) in [5, 5.41) is 72.9. The first kappa shape index (κ1) is 51.4. The lowest BCUT2D eigenvalue weighted by atomic mass is 9.93. The van der Waals surface area contributed by atoms with Crippen LogP contribution in [0.4, 0.5) is 5.69 Å². The molecular formula is C43H62N7O13-. The molecule has 0 radical (unpaired) electrons. The summed E-state index contributed by atoms with van der Waals surface area (Å²) in [6.07, 6.45) is 7.96. The van der Waals surface area contributed by atoms with Gasteiger partial charge in [0.2, 0.25) is 35.4 Å². The molecule has 9 N–H and O–H groups in total. The molecule has 0 saturated heterocycles. The zero-order valence-corrected chi connectivity index (χ0v) is 36.7. The summed E-state index contributed by atoms with van der Waals surface area (Å²) in [5.41, 5.74) is -1.27. The van der Waals surface area contributed by atoms with E-state index in [1.165, 1.54) is 65.4 Å². The number of phenols is 1. The predicted molar refractivity (Wildman–Crippen MR) is 226 cm³/mol. The van der Waals surface area contributed by atoms with Gasteiger partial charge in [0, 0.05) is 32.5 Å². The van der Waals surface area contributed by atoms with Gasteiger partial charge in [-0.15, -0.1) is 5.23 Å². The largest absolute Gasteiger partial charge is 0.871 e. The summed E-state index contributed by atoms with van der Waals surface area (Å²) < 4.78 is 0. The SMILES string of the molecule is CC[C@H](C)CCCCCCCCC(=O)N(C)[C@H](CO)C(=O)N[C@H](C)C(=O)NCC(=O)N(C)[C@H]1C(=O)N[C@@H](C)C(=O)N[C@@H](C(=O)O)Cc2cc(c([O-])c(N(O)O)c2)-c2cc1ccc2O. The number of nitrogens with zero attached hydrogens (tertiary/aromatic N) is 3. The fourth-order valence-corrected chi connectivity index (χ4v) is 7.09. The number of aliphatic hydroxyl groups excluding tert-OH is 1. The van der Waals surface area contributed by atoms with Crippen molar-refractivity contribution in [3.63, 3.8) is 0 Å². The number of unbranched alkanes of at least 4 members (excludes halogenated alkanes) is 5. The van der Waals surface area contributed by atoms with E-state index in [2.05, 4.69) is 35.1 Å². The van der Waals surface area contributed by atoms with E-state index in [1.54, 1.807) is 0 Å². The molecule has 20 heteroatoms. The third-order valence-electron chi connectivity index (χ3n) is 11.3. The molecule has 2 aromatic carbocycles. The van der Waals surface area contributed by atoms with Gasteiger partial charge in [0.1, 0.15) is 36.0 Å². The number of anilines is 1. The number of nitrogens with one attached hydrogen (secondary N) is 4. The molecule has 0 saturated carbocycles. The quantitative estimate of drug-likeness (QED) is 0.0672. The van der Waals surface area contributed by atoms with Gasteiger partial charge in [-0.05, 0) is 61.1 Å². The average Bonchev–Trinajstić information content (AvgIpc) is 3.23. The first-order valence-corrected chi connectivity index (χ1v) is 21.1.